The first kappa shape index (κ1) is 19.1. The second-order valence-electron chi connectivity index (χ2n) is 7.55. The number of hydrogen-bond acceptors (Lipinski definition) is 4. The maximum absolute atomic E-state index is 13.0. The summed E-state index contributed by atoms with van der Waals surface area (Å²) in [6, 6.07) is 17.0. The Hall–Kier alpha value is -3.21. The van der Waals surface area contributed by atoms with Crippen molar-refractivity contribution in [1.82, 2.24) is 4.98 Å². The summed E-state index contributed by atoms with van der Waals surface area (Å²) in [4.78, 5) is 32.2. The molecule has 2 aromatic carbocycles. The highest BCUT2D eigenvalue weighted by atomic mass is 16.5. The summed E-state index contributed by atoms with van der Waals surface area (Å²) in [6.07, 6.45) is 2.66. The molecule has 1 aliphatic carbocycles. The molecule has 148 valence electrons. The minimum atomic E-state index is -0.452. The van der Waals surface area contributed by atoms with Crippen LogP contribution < -0.4 is 4.90 Å². The summed E-state index contributed by atoms with van der Waals surface area (Å²) in [7, 11) is 0. The maximum Gasteiger partial charge on any atom is 0.339 e. The lowest BCUT2D eigenvalue weighted by Crippen LogP contribution is -2.40. The Morgan fingerprint density at radius 3 is 2.52 bits per heavy atom. The van der Waals surface area contributed by atoms with E-state index in [1.807, 2.05) is 68.4 Å². The Labute approximate surface area is 170 Å². The zero-order valence-electron chi connectivity index (χ0n) is 16.7. The number of carbonyl (C=O) groups excluding carboxylic acids is 2. The van der Waals surface area contributed by atoms with Crippen molar-refractivity contribution in [3.8, 4) is 0 Å². The zero-order valence-corrected chi connectivity index (χ0v) is 16.7. The number of benzene rings is 2. The van der Waals surface area contributed by atoms with Crippen LogP contribution in [0.5, 0.6) is 0 Å². The van der Waals surface area contributed by atoms with Crippen molar-refractivity contribution in [2.24, 2.45) is 0 Å². The number of rotatable bonds is 5. The van der Waals surface area contributed by atoms with Crippen molar-refractivity contribution in [3.63, 3.8) is 0 Å². The van der Waals surface area contributed by atoms with E-state index in [9.17, 15) is 9.59 Å². The Kier molecular flexibility index (Phi) is 5.30. The summed E-state index contributed by atoms with van der Waals surface area (Å²) < 4.78 is 5.52. The largest absolute Gasteiger partial charge is 0.452 e. The quantitative estimate of drug-likeness (QED) is 0.611. The third kappa shape index (κ3) is 3.73. The van der Waals surface area contributed by atoms with Gasteiger partial charge >= 0.3 is 5.97 Å². The number of nitrogens with zero attached hydrogens (tertiary/aromatic N) is 2. The smallest absolute Gasteiger partial charge is 0.339 e. The predicted molar refractivity (Wildman–Crippen MR) is 113 cm³/mol. The topological polar surface area (TPSA) is 59.5 Å². The molecule has 0 bridgehead atoms. The third-order valence-electron chi connectivity index (χ3n) is 5.27. The Balaban J connectivity index is 1.58. The highest BCUT2D eigenvalue weighted by Gasteiger charge is 2.26. The Morgan fingerprint density at radius 2 is 1.76 bits per heavy atom. The van der Waals surface area contributed by atoms with Crippen molar-refractivity contribution >= 4 is 28.5 Å². The van der Waals surface area contributed by atoms with Gasteiger partial charge in [-0.2, -0.15) is 0 Å². The van der Waals surface area contributed by atoms with Gasteiger partial charge in [-0.25, -0.2) is 4.79 Å². The molecule has 0 spiro atoms. The van der Waals surface area contributed by atoms with Crippen LogP contribution in [0.4, 0.5) is 5.69 Å². The summed E-state index contributed by atoms with van der Waals surface area (Å²) in [5, 5.41) is 0.786. The molecule has 0 fully saturated rings. The van der Waals surface area contributed by atoms with E-state index in [1.54, 1.807) is 4.90 Å². The summed E-state index contributed by atoms with van der Waals surface area (Å²) in [5.74, 6) is -0.693. The van der Waals surface area contributed by atoms with Crippen LogP contribution in [0.1, 0.15) is 41.9 Å². The molecule has 0 saturated carbocycles. The minimum absolute atomic E-state index is 0.0467. The van der Waals surface area contributed by atoms with Gasteiger partial charge in [-0.05, 0) is 56.9 Å². The third-order valence-corrected chi connectivity index (χ3v) is 5.27. The average molecular weight is 388 g/mol. The normalized spacial score (nSPS) is 12.8. The number of esters is 1. The van der Waals surface area contributed by atoms with E-state index < -0.39 is 5.97 Å². The SMILES string of the molecule is CC(C)N(C(=O)COC(=O)c1c2c(nc3ccccc13)CCC2)c1ccccc1. The Bertz CT molecular complexity index is 1060. The number of aryl methyl sites for hydroxylation is 1. The van der Waals surface area contributed by atoms with Gasteiger partial charge in [-0.1, -0.05) is 36.4 Å². The second-order valence-corrected chi connectivity index (χ2v) is 7.55. The van der Waals surface area contributed by atoms with E-state index in [0.717, 1.165) is 47.1 Å². The molecule has 1 amide bonds. The van der Waals surface area contributed by atoms with Gasteiger partial charge in [0, 0.05) is 22.8 Å². The molecule has 29 heavy (non-hydrogen) atoms. The van der Waals surface area contributed by atoms with Crippen LogP contribution >= 0.6 is 0 Å². The monoisotopic (exact) mass is 388 g/mol. The van der Waals surface area contributed by atoms with E-state index in [2.05, 4.69) is 0 Å². The molecule has 5 heteroatoms. The fourth-order valence-electron chi connectivity index (χ4n) is 4.03. The van der Waals surface area contributed by atoms with Crippen LogP contribution in [0.25, 0.3) is 10.9 Å². The van der Waals surface area contributed by atoms with E-state index in [1.165, 1.54) is 0 Å². The second kappa shape index (κ2) is 8.03. The molecule has 0 N–H and O–H groups in total. The first-order valence-electron chi connectivity index (χ1n) is 10.0. The van der Waals surface area contributed by atoms with Crippen LogP contribution in [-0.4, -0.2) is 29.5 Å². The van der Waals surface area contributed by atoms with E-state index in [0.29, 0.717) is 5.56 Å². The van der Waals surface area contributed by atoms with Crippen molar-refractivity contribution in [2.75, 3.05) is 11.5 Å². The lowest BCUT2D eigenvalue weighted by atomic mass is 10.0. The van der Waals surface area contributed by atoms with Gasteiger partial charge < -0.3 is 9.64 Å². The van der Waals surface area contributed by atoms with Crippen molar-refractivity contribution in [2.45, 2.75) is 39.2 Å². The summed E-state index contributed by atoms with van der Waals surface area (Å²) in [6.45, 7) is 3.59. The standard InChI is InChI=1S/C24H24N2O3/c1-16(2)26(17-9-4-3-5-10-17)22(27)15-29-24(28)23-18-11-6-7-13-20(18)25-21-14-8-12-19(21)23/h3-7,9-11,13,16H,8,12,14-15H2,1-2H3. The van der Waals surface area contributed by atoms with Crippen LogP contribution in [0.15, 0.2) is 54.6 Å². The van der Waals surface area contributed by atoms with Gasteiger partial charge in [0.25, 0.3) is 5.91 Å². The molecule has 1 heterocycles. The van der Waals surface area contributed by atoms with Gasteiger partial charge in [-0.15, -0.1) is 0 Å². The first-order chi connectivity index (χ1) is 14.1. The maximum atomic E-state index is 13.0. The fourth-order valence-corrected chi connectivity index (χ4v) is 4.03. The zero-order chi connectivity index (χ0) is 20.4. The van der Waals surface area contributed by atoms with E-state index in [-0.39, 0.29) is 18.6 Å². The number of amides is 1. The number of carbonyl (C=O) groups is 2. The molecular formula is C24H24N2O3. The lowest BCUT2D eigenvalue weighted by molar-refractivity contribution is -0.122. The molecule has 0 atom stereocenters. The molecule has 4 rings (SSSR count). The van der Waals surface area contributed by atoms with Gasteiger partial charge in [-0.3, -0.25) is 9.78 Å². The van der Waals surface area contributed by atoms with Crippen molar-refractivity contribution in [3.05, 3.63) is 71.4 Å². The summed E-state index contributed by atoms with van der Waals surface area (Å²) in [5.41, 5.74) is 4.07. The van der Waals surface area contributed by atoms with Gasteiger partial charge in [0.15, 0.2) is 6.61 Å². The molecule has 0 radical (unpaired) electrons. The number of anilines is 1. The highest BCUT2D eigenvalue weighted by Crippen LogP contribution is 2.30. The number of ether oxygens (including phenoxy) is 1. The first-order valence-corrected chi connectivity index (χ1v) is 10.0. The molecule has 5 nitrogen and oxygen atoms in total. The number of hydrogen-bond donors (Lipinski definition) is 0. The van der Waals surface area contributed by atoms with Gasteiger partial charge in [0.1, 0.15) is 0 Å². The molecule has 0 aliphatic heterocycles. The van der Waals surface area contributed by atoms with Crippen molar-refractivity contribution in [1.29, 1.82) is 0 Å². The average Bonchev–Trinajstić information content (AvgIpc) is 3.18. The highest BCUT2D eigenvalue weighted by molar-refractivity contribution is 6.06. The fraction of sp³-hybridized carbons (Fsp3) is 0.292. The molecule has 3 aromatic rings. The minimum Gasteiger partial charge on any atom is -0.452 e. The Morgan fingerprint density at radius 1 is 1.03 bits per heavy atom. The van der Waals surface area contributed by atoms with Crippen molar-refractivity contribution < 1.29 is 14.3 Å². The number of para-hydroxylation sites is 2. The van der Waals surface area contributed by atoms with Crippen LogP contribution in [0.3, 0.4) is 0 Å². The van der Waals surface area contributed by atoms with Crippen LogP contribution in [-0.2, 0) is 22.4 Å². The molecular weight excluding hydrogens is 364 g/mol. The summed E-state index contributed by atoms with van der Waals surface area (Å²) >= 11 is 0. The molecule has 0 saturated heterocycles. The van der Waals surface area contributed by atoms with Crippen LogP contribution in [0, 0.1) is 0 Å². The molecule has 1 aliphatic rings. The van der Waals surface area contributed by atoms with Gasteiger partial charge in [0.05, 0.1) is 11.1 Å². The van der Waals surface area contributed by atoms with E-state index >= 15 is 0 Å². The van der Waals surface area contributed by atoms with Crippen LogP contribution in [0.2, 0.25) is 0 Å². The number of aromatic nitrogens is 1. The van der Waals surface area contributed by atoms with E-state index in [4.69, 9.17) is 9.72 Å². The molecule has 1 aromatic heterocycles. The lowest BCUT2D eigenvalue weighted by Gasteiger charge is -2.26. The predicted octanol–water partition coefficient (Wildman–Crippen LogP) is 4.32. The number of pyridine rings is 1. The van der Waals surface area contributed by atoms with Gasteiger partial charge in [0.2, 0.25) is 0 Å². The molecule has 0 unspecified atom stereocenters. The number of fused-ring (bicyclic) bond motifs is 2.